The van der Waals surface area contributed by atoms with Gasteiger partial charge in [-0.2, -0.15) is 4.31 Å². The Morgan fingerprint density at radius 3 is 2.14 bits per heavy atom. The van der Waals surface area contributed by atoms with Gasteiger partial charge in [0.05, 0.1) is 22.3 Å². The fraction of sp³-hybridized carbons (Fsp3) is 0.632. The second kappa shape index (κ2) is 9.76. The van der Waals surface area contributed by atoms with Gasteiger partial charge in [-0.3, -0.25) is 9.69 Å². The zero-order valence-corrected chi connectivity index (χ0v) is 18.3. The smallest absolute Gasteiger partial charge is 0.236 e. The van der Waals surface area contributed by atoms with E-state index in [1.54, 1.807) is 18.2 Å². The molecule has 0 unspecified atom stereocenters. The summed E-state index contributed by atoms with van der Waals surface area (Å²) in [6.45, 7) is 4.00. The molecule has 2 fully saturated rings. The van der Waals surface area contributed by atoms with Crippen LogP contribution in [-0.4, -0.2) is 74.2 Å². The molecule has 6 nitrogen and oxygen atoms in total. The minimum atomic E-state index is -3.43. The molecule has 0 atom stereocenters. The third kappa shape index (κ3) is 5.83. The normalized spacial score (nSPS) is 20.1. The first-order chi connectivity index (χ1) is 13.3. The van der Waals surface area contributed by atoms with E-state index in [1.165, 1.54) is 17.1 Å². The number of hydrogen-bond donors (Lipinski definition) is 0. The number of piperazine rings is 1. The summed E-state index contributed by atoms with van der Waals surface area (Å²) in [5, 5.41) is 0.761. The summed E-state index contributed by atoms with van der Waals surface area (Å²) in [7, 11) is -3.43. The number of hydrogen-bond acceptors (Lipinski definition) is 4. The number of carbonyl (C=O) groups is 1. The maximum atomic E-state index is 12.7. The number of carbonyl (C=O) groups excluding carboxylic acids is 1. The van der Waals surface area contributed by atoms with Crippen LogP contribution in [0, 0.1) is 0 Å². The fourth-order valence-electron chi connectivity index (χ4n) is 3.71. The van der Waals surface area contributed by atoms with Crippen molar-refractivity contribution in [2.75, 3.05) is 45.8 Å². The molecule has 0 spiro atoms. The molecule has 0 saturated carbocycles. The summed E-state index contributed by atoms with van der Waals surface area (Å²) in [6, 6.07) is 4.89. The van der Waals surface area contributed by atoms with E-state index in [4.69, 9.17) is 23.2 Å². The SMILES string of the molecule is O=C(CN1CCN(S(=O)(=O)Cc2ccc(Cl)c(Cl)c2)CC1)N1CCCCCC1. The Labute approximate surface area is 177 Å². The molecular weight excluding hydrogens is 421 g/mol. The summed E-state index contributed by atoms with van der Waals surface area (Å²) in [4.78, 5) is 16.5. The van der Waals surface area contributed by atoms with Crippen LogP contribution in [0.5, 0.6) is 0 Å². The van der Waals surface area contributed by atoms with E-state index >= 15 is 0 Å². The highest BCUT2D eigenvalue weighted by molar-refractivity contribution is 7.88. The van der Waals surface area contributed by atoms with Crippen LogP contribution in [0.4, 0.5) is 0 Å². The Hall–Kier alpha value is -0.860. The van der Waals surface area contributed by atoms with Crippen molar-refractivity contribution >= 4 is 39.1 Å². The van der Waals surface area contributed by atoms with Crippen molar-refractivity contribution in [3.63, 3.8) is 0 Å². The summed E-state index contributed by atoms with van der Waals surface area (Å²) >= 11 is 11.9. The van der Waals surface area contributed by atoms with Gasteiger partial charge < -0.3 is 4.90 Å². The first-order valence-electron chi connectivity index (χ1n) is 9.77. The number of nitrogens with zero attached hydrogens (tertiary/aromatic N) is 3. The molecule has 2 heterocycles. The molecule has 1 amide bonds. The van der Waals surface area contributed by atoms with E-state index < -0.39 is 10.0 Å². The van der Waals surface area contributed by atoms with E-state index in [-0.39, 0.29) is 11.7 Å². The molecule has 0 radical (unpaired) electrons. The highest BCUT2D eigenvalue weighted by Crippen LogP contribution is 2.24. The van der Waals surface area contributed by atoms with Gasteiger partial charge >= 0.3 is 0 Å². The van der Waals surface area contributed by atoms with Crippen molar-refractivity contribution < 1.29 is 13.2 Å². The van der Waals surface area contributed by atoms with Gasteiger partial charge in [0.15, 0.2) is 0 Å². The Bertz CT molecular complexity index is 788. The minimum absolute atomic E-state index is 0.101. The second-order valence-electron chi connectivity index (χ2n) is 7.47. The van der Waals surface area contributed by atoms with E-state index in [9.17, 15) is 13.2 Å². The van der Waals surface area contributed by atoms with Crippen molar-refractivity contribution in [2.24, 2.45) is 0 Å². The Kier molecular flexibility index (Phi) is 7.61. The van der Waals surface area contributed by atoms with Crippen LogP contribution in [0.25, 0.3) is 0 Å². The standard InChI is InChI=1S/C19H27Cl2N3O3S/c20-17-6-5-16(13-18(17)21)15-28(26,27)24-11-9-22(10-12-24)14-19(25)23-7-3-1-2-4-8-23/h5-6,13H,1-4,7-12,14-15H2. The molecule has 3 rings (SSSR count). The summed E-state index contributed by atoms with van der Waals surface area (Å²) in [5.41, 5.74) is 0.619. The van der Waals surface area contributed by atoms with Gasteiger partial charge in [0.1, 0.15) is 0 Å². The molecule has 9 heteroatoms. The average molecular weight is 448 g/mol. The number of sulfonamides is 1. The number of benzene rings is 1. The molecule has 0 aromatic heterocycles. The first-order valence-corrected chi connectivity index (χ1v) is 12.1. The molecule has 0 aliphatic carbocycles. The fourth-order valence-corrected chi connectivity index (χ4v) is 5.53. The van der Waals surface area contributed by atoms with Crippen molar-refractivity contribution in [3.8, 4) is 0 Å². The van der Waals surface area contributed by atoms with E-state index in [0.29, 0.717) is 48.3 Å². The van der Waals surface area contributed by atoms with Gasteiger partial charge in [0.2, 0.25) is 15.9 Å². The van der Waals surface area contributed by atoms with Gasteiger partial charge in [-0.1, -0.05) is 42.1 Å². The van der Waals surface area contributed by atoms with Gasteiger partial charge in [-0.25, -0.2) is 8.42 Å². The molecule has 2 aliphatic rings. The Balaban J connectivity index is 1.51. The largest absolute Gasteiger partial charge is 0.342 e. The Morgan fingerprint density at radius 1 is 0.893 bits per heavy atom. The quantitative estimate of drug-likeness (QED) is 0.695. The van der Waals surface area contributed by atoms with Crippen molar-refractivity contribution in [2.45, 2.75) is 31.4 Å². The molecule has 2 aliphatic heterocycles. The highest BCUT2D eigenvalue weighted by atomic mass is 35.5. The lowest BCUT2D eigenvalue weighted by Crippen LogP contribution is -2.51. The lowest BCUT2D eigenvalue weighted by Gasteiger charge is -2.34. The van der Waals surface area contributed by atoms with Gasteiger partial charge in [0, 0.05) is 39.3 Å². The predicted octanol–water partition coefficient (Wildman–Crippen LogP) is 2.84. The summed E-state index contributed by atoms with van der Waals surface area (Å²) in [5.74, 6) is 0.0605. The molecule has 0 bridgehead atoms. The van der Waals surface area contributed by atoms with E-state index in [0.717, 1.165) is 25.9 Å². The third-order valence-electron chi connectivity index (χ3n) is 5.38. The summed E-state index contributed by atoms with van der Waals surface area (Å²) in [6.07, 6.45) is 4.54. The highest BCUT2D eigenvalue weighted by Gasteiger charge is 2.28. The van der Waals surface area contributed by atoms with Crippen LogP contribution >= 0.6 is 23.2 Å². The number of amides is 1. The van der Waals surface area contributed by atoms with Gasteiger partial charge in [0.25, 0.3) is 0 Å². The monoisotopic (exact) mass is 447 g/mol. The predicted molar refractivity (Wildman–Crippen MR) is 112 cm³/mol. The van der Waals surface area contributed by atoms with Crippen LogP contribution < -0.4 is 0 Å². The van der Waals surface area contributed by atoms with Gasteiger partial charge in [-0.05, 0) is 30.5 Å². The number of likely N-dealkylation sites (tertiary alicyclic amines) is 1. The zero-order valence-electron chi connectivity index (χ0n) is 15.9. The molecule has 0 N–H and O–H groups in total. The zero-order chi connectivity index (χ0) is 20.1. The third-order valence-corrected chi connectivity index (χ3v) is 7.96. The molecule has 28 heavy (non-hydrogen) atoms. The molecule has 1 aromatic rings. The Morgan fingerprint density at radius 2 is 1.54 bits per heavy atom. The van der Waals surface area contributed by atoms with Crippen molar-refractivity contribution in [1.82, 2.24) is 14.1 Å². The first kappa shape index (κ1) is 21.8. The van der Waals surface area contributed by atoms with Crippen LogP contribution in [0.15, 0.2) is 18.2 Å². The maximum Gasteiger partial charge on any atom is 0.236 e. The van der Waals surface area contributed by atoms with Crippen LogP contribution in [-0.2, 0) is 20.6 Å². The topological polar surface area (TPSA) is 60.9 Å². The lowest BCUT2D eigenvalue weighted by molar-refractivity contribution is -0.132. The van der Waals surface area contributed by atoms with Crippen molar-refractivity contribution in [1.29, 1.82) is 0 Å². The van der Waals surface area contributed by atoms with E-state index in [1.807, 2.05) is 4.90 Å². The molecule has 2 saturated heterocycles. The van der Waals surface area contributed by atoms with Gasteiger partial charge in [-0.15, -0.1) is 0 Å². The molecule has 156 valence electrons. The number of halogens is 2. The molecule has 1 aromatic carbocycles. The van der Waals surface area contributed by atoms with Crippen LogP contribution in [0.1, 0.15) is 31.2 Å². The van der Waals surface area contributed by atoms with Crippen LogP contribution in [0.2, 0.25) is 10.0 Å². The van der Waals surface area contributed by atoms with Crippen LogP contribution in [0.3, 0.4) is 0 Å². The summed E-state index contributed by atoms with van der Waals surface area (Å²) < 4.78 is 26.9. The average Bonchev–Trinajstić information content (AvgIpc) is 2.94. The minimum Gasteiger partial charge on any atom is -0.342 e. The second-order valence-corrected chi connectivity index (χ2v) is 10.3. The maximum absolute atomic E-state index is 12.7. The lowest BCUT2D eigenvalue weighted by atomic mass is 10.2. The van der Waals surface area contributed by atoms with Crippen molar-refractivity contribution in [3.05, 3.63) is 33.8 Å². The molecular formula is C19H27Cl2N3O3S. The number of rotatable bonds is 5. The van der Waals surface area contributed by atoms with E-state index in [2.05, 4.69) is 4.90 Å².